The molecule has 7 nitrogen and oxygen atoms in total. The van der Waals surface area contributed by atoms with E-state index in [1.165, 1.54) is 23.1 Å². The van der Waals surface area contributed by atoms with E-state index in [-0.39, 0.29) is 6.03 Å². The SMILES string of the molecule is CCN(CC)Cc1ccc2cc(CNC(=O)Nc3ccc(C(=O)NO)cc3)ccc2c1. The second kappa shape index (κ2) is 10.6. The van der Waals surface area contributed by atoms with Gasteiger partial charge in [0.1, 0.15) is 0 Å². The molecule has 0 fully saturated rings. The first-order valence-corrected chi connectivity index (χ1v) is 10.4. The highest BCUT2D eigenvalue weighted by Crippen LogP contribution is 2.19. The molecule has 0 aliphatic heterocycles. The van der Waals surface area contributed by atoms with Crippen molar-refractivity contribution in [1.29, 1.82) is 0 Å². The van der Waals surface area contributed by atoms with Crippen molar-refractivity contribution in [1.82, 2.24) is 15.7 Å². The van der Waals surface area contributed by atoms with Crippen LogP contribution in [0, 0.1) is 0 Å². The van der Waals surface area contributed by atoms with Gasteiger partial charge in [0.05, 0.1) is 0 Å². The maximum absolute atomic E-state index is 12.2. The van der Waals surface area contributed by atoms with Crippen molar-refractivity contribution in [2.24, 2.45) is 0 Å². The Labute approximate surface area is 182 Å². The number of nitrogens with zero attached hydrogens (tertiary/aromatic N) is 1. The minimum atomic E-state index is -0.604. The third-order valence-electron chi connectivity index (χ3n) is 5.23. The van der Waals surface area contributed by atoms with Crippen LogP contribution in [-0.4, -0.2) is 35.1 Å². The molecule has 0 aromatic heterocycles. The summed E-state index contributed by atoms with van der Waals surface area (Å²) in [5.74, 6) is -0.604. The number of fused-ring (bicyclic) bond motifs is 1. The van der Waals surface area contributed by atoms with E-state index in [4.69, 9.17) is 5.21 Å². The maximum Gasteiger partial charge on any atom is 0.319 e. The van der Waals surface area contributed by atoms with Gasteiger partial charge in [0.15, 0.2) is 0 Å². The molecule has 3 rings (SSSR count). The van der Waals surface area contributed by atoms with Gasteiger partial charge in [0.25, 0.3) is 5.91 Å². The lowest BCUT2D eigenvalue weighted by Gasteiger charge is -2.18. The van der Waals surface area contributed by atoms with Crippen LogP contribution in [0.2, 0.25) is 0 Å². The second-order valence-corrected chi connectivity index (χ2v) is 7.30. The van der Waals surface area contributed by atoms with Gasteiger partial charge in [0, 0.05) is 24.3 Å². The second-order valence-electron chi connectivity index (χ2n) is 7.30. The largest absolute Gasteiger partial charge is 0.334 e. The van der Waals surface area contributed by atoms with E-state index in [9.17, 15) is 9.59 Å². The summed E-state index contributed by atoms with van der Waals surface area (Å²) < 4.78 is 0. The number of anilines is 1. The first-order chi connectivity index (χ1) is 15.0. The Bertz CT molecular complexity index is 1050. The van der Waals surface area contributed by atoms with Crippen LogP contribution in [0.25, 0.3) is 10.8 Å². The molecule has 0 heterocycles. The van der Waals surface area contributed by atoms with Crippen molar-refractivity contribution >= 4 is 28.4 Å². The zero-order valence-electron chi connectivity index (χ0n) is 17.8. The zero-order valence-corrected chi connectivity index (χ0v) is 17.8. The number of hydroxylamine groups is 1. The lowest BCUT2D eigenvalue weighted by molar-refractivity contribution is 0.0706. The summed E-state index contributed by atoms with van der Waals surface area (Å²) in [6.07, 6.45) is 0. The van der Waals surface area contributed by atoms with Crippen molar-refractivity contribution in [3.05, 3.63) is 77.4 Å². The Kier molecular flexibility index (Phi) is 7.59. The molecule has 0 spiro atoms. The molecule has 3 amide bonds. The Morgan fingerprint density at radius 2 is 1.48 bits per heavy atom. The van der Waals surface area contributed by atoms with E-state index in [0.717, 1.165) is 30.6 Å². The standard InChI is InChI=1S/C24H28N4O3/c1-3-28(4-2)16-18-6-8-20-13-17(5-7-21(20)14-18)15-25-24(30)26-22-11-9-19(10-12-22)23(29)27-31/h5-14,31H,3-4,15-16H2,1-2H3,(H,27,29)(H2,25,26,30). The molecular formula is C24H28N4O3. The molecule has 31 heavy (non-hydrogen) atoms. The van der Waals surface area contributed by atoms with Gasteiger partial charge in [-0.1, -0.05) is 38.1 Å². The Morgan fingerprint density at radius 3 is 2.10 bits per heavy atom. The topological polar surface area (TPSA) is 93.7 Å². The molecular weight excluding hydrogens is 392 g/mol. The number of carbonyl (C=O) groups excluding carboxylic acids is 2. The Balaban J connectivity index is 1.57. The van der Waals surface area contributed by atoms with E-state index < -0.39 is 5.91 Å². The van der Waals surface area contributed by atoms with Crippen molar-refractivity contribution in [2.45, 2.75) is 26.9 Å². The van der Waals surface area contributed by atoms with Crippen LogP contribution in [-0.2, 0) is 13.1 Å². The quantitative estimate of drug-likeness (QED) is 0.326. The van der Waals surface area contributed by atoms with Crippen molar-refractivity contribution in [3.63, 3.8) is 0 Å². The van der Waals surface area contributed by atoms with Gasteiger partial charge in [-0.15, -0.1) is 0 Å². The van der Waals surface area contributed by atoms with Crippen LogP contribution in [0.3, 0.4) is 0 Å². The van der Waals surface area contributed by atoms with Crippen LogP contribution in [0.1, 0.15) is 35.3 Å². The van der Waals surface area contributed by atoms with Gasteiger partial charge < -0.3 is 10.6 Å². The number of benzene rings is 3. The van der Waals surface area contributed by atoms with Crippen LogP contribution in [0.15, 0.2) is 60.7 Å². The molecule has 3 aromatic rings. The summed E-state index contributed by atoms with van der Waals surface area (Å²) in [6, 6.07) is 18.6. The van der Waals surface area contributed by atoms with Gasteiger partial charge in [-0.3, -0.25) is 14.9 Å². The minimum Gasteiger partial charge on any atom is -0.334 e. The van der Waals surface area contributed by atoms with E-state index in [1.807, 2.05) is 6.07 Å². The summed E-state index contributed by atoms with van der Waals surface area (Å²) in [6.45, 7) is 7.74. The lowest BCUT2D eigenvalue weighted by Crippen LogP contribution is -2.28. The number of hydrogen-bond donors (Lipinski definition) is 4. The fourth-order valence-corrected chi connectivity index (χ4v) is 3.39. The molecule has 0 atom stereocenters. The number of amides is 3. The van der Waals surface area contributed by atoms with E-state index in [2.05, 4.69) is 59.7 Å². The van der Waals surface area contributed by atoms with E-state index in [0.29, 0.717) is 17.8 Å². The molecule has 0 saturated carbocycles. The van der Waals surface area contributed by atoms with E-state index in [1.54, 1.807) is 17.6 Å². The normalized spacial score (nSPS) is 10.8. The molecule has 3 aromatic carbocycles. The third-order valence-corrected chi connectivity index (χ3v) is 5.23. The third kappa shape index (κ3) is 6.04. The average molecular weight is 421 g/mol. The molecule has 162 valence electrons. The molecule has 0 radical (unpaired) electrons. The molecule has 4 N–H and O–H groups in total. The number of nitrogens with one attached hydrogen (secondary N) is 3. The van der Waals surface area contributed by atoms with Crippen molar-refractivity contribution in [2.75, 3.05) is 18.4 Å². The first kappa shape index (κ1) is 22.3. The van der Waals surface area contributed by atoms with Gasteiger partial charge in [-0.25, -0.2) is 10.3 Å². The summed E-state index contributed by atoms with van der Waals surface area (Å²) in [5, 5.41) is 16.5. The highest BCUT2D eigenvalue weighted by Gasteiger charge is 2.07. The summed E-state index contributed by atoms with van der Waals surface area (Å²) >= 11 is 0. The Hall–Kier alpha value is -3.42. The summed E-state index contributed by atoms with van der Waals surface area (Å²) in [5.41, 5.74) is 4.72. The summed E-state index contributed by atoms with van der Waals surface area (Å²) in [7, 11) is 0. The molecule has 0 aliphatic rings. The predicted molar refractivity (Wildman–Crippen MR) is 122 cm³/mol. The highest BCUT2D eigenvalue weighted by atomic mass is 16.5. The number of rotatable bonds is 8. The number of hydrogen-bond acceptors (Lipinski definition) is 4. The minimum absolute atomic E-state index is 0.296. The smallest absolute Gasteiger partial charge is 0.319 e. The van der Waals surface area contributed by atoms with Crippen LogP contribution < -0.4 is 16.1 Å². The van der Waals surface area contributed by atoms with Crippen LogP contribution in [0.5, 0.6) is 0 Å². The maximum atomic E-state index is 12.2. The van der Waals surface area contributed by atoms with Gasteiger partial charge >= 0.3 is 6.03 Å². The van der Waals surface area contributed by atoms with Gasteiger partial charge in [-0.05, 0) is 71.4 Å². The highest BCUT2D eigenvalue weighted by molar-refractivity contribution is 5.94. The predicted octanol–water partition coefficient (Wildman–Crippen LogP) is 4.12. The zero-order chi connectivity index (χ0) is 22.2. The van der Waals surface area contributed by atoms with Crippen molar-refractivity contribution < 1.29 is 14.8 Å². The molecule has 0 bridgehead atoms. The van der Waals surface area contributed by atoms with Crippen LogP contribution >= 0.6 is 0 Å². The molecule has 0 saturated heterocycles. The van der Waals surface area contributed by atoms with E-state index >= 15 is 0 Å². The molecule has 7 heteroatoms. The monoisotopic (exact) mass is 420 g/mol. The fourth-order valence-electron chi connectivity index (χ4n) is 3.39. The van der Waals surface area contributed by atoms with Gasteiger partial charge in [-0.2, -0.15) is 0 Å². The summed E-state index contributed by atoms with van der Waals surface area (Å²) in [4.78, 5) is 25.9. The number of urea groups is 1. The van der Waals surface area contributed by atoms with Crippen molar-refractivity contribution in [3.8, 4) is 0 Å². The fraction of sp³-hybridized carbons (Fsp3) is 0.250. The number of carbonyl (C=O) groups is 2. The van der Waals surface area contributed by atoms with Crippen LogP contribution in [0.4, 0.5) is 10.5 Å². The Morgan fingerprint density at radius 1 is 0.871 bits per heavy atom. The average Bonchev–Trinajstić information content (AvgIpc) is 2.81. The molecule has 0 unspecified atom stereocenters. The molecule has 0 aliphatic carbocycles. The van der Waals surface area contributed by atoms with Gasteiger partial charge in [0.2, 0.25) is 0 Å². The lowest BCUT2D eigenvalue weighted by atomic mass is 10.0. The first-order valence-electron chi connectivity index (χ1n) is 10.4.